The van der Waals surface area contributed by atoms with Crippen LogP contribution in [0, 0.1) is 11.3 Å². The van der Waals surface area contributed by atoms with Crippen LogP contribution in [0.1, 0.15) is 45.6 Å². The van der Waals surface area contributed by atoms with Gasteiger partial charge in [0.1, 0.15) is 17.5 Å². The number of alkyl carbamates (subject to hydrolysis) is 1. The summed E-state index contributed by atoms with van der Waals surface area (Å²) in [6.07, 6.45) is 4.40. The van der Waals surface area contributed by atoms with E-state index in [9.17, 15) is 10.1 Å². The second-order valence-electron chi connectivity index (χ2n) is 6.71. The molecule has 0 radical (unpaired) electrons. The molecule has 1 N–H and O–H groups in total. The van der Waals surface area contributed by atoms with E-state index < -0.39 is 11.7 Å². The molecule has 6 heteroatoms. The molecule has 0 aliphatic carbocycles. The Labute approximate surface area is 137 Å². The number of hydrogen-bond donors (Lipinski definition) is 1. The normalized spacial score (nSPS) is 18.2. The number of hydrogen-bond acceptors (Lipinski definition) is 5. The van der Waals surface area contributed by atoms with Crippen LogP contribution in [0.4, 0.5) is 10.6 Å². The molecule has 0 spiro atoms. The first-order valence-electron chi connectivity index (χ1n) is 7.99. The number of rotatable bonds is 3. The highest BCUT2D eigenvalue weighted by Gasteiger charge is 2.26. The third-order valence-electron chi connectivity index (χ3n) is 3.69. The van der Waals surface area contributed by atoms with Crippen LogP contribution in [0.15, 0.2) is 18.3 Å². The Morgan fingerprint density at radius 2 is 2.30 bits per heavy atom. The molecule has 2 heterocycles. The predicted octanol–water partition coefficient (Wildman–Crippen LogP) is 2.84. The minimum atomic E-state index is -0.509. The van der Waals surface area contributed by atoms with Crippen LogP contribution in [0.5, 0.6) is 0 Å². The molecule has 0 bridgehead atoms. The Morgan fingerprint density at radius 1 is 1.52 bits per heavy atom. The number of aromatic nitrogens is 1. The Balaban J connectivity index is 2.05. The molecule has 124 valence electrons. The number of nitrogens with one attached hydrogen (secondary N) is 1. The molecular weight excluding hydrogens is 292 g/mol. The van der Waals surface area contributed by atoms with Gasteiger partial charge >= 0.3 is 6.09 Å². The number of anilines is 1. The van der Waals surface area contributed by atoms with Crippen LogP contribution in [0.2, 0.25) is 0 Å². The number of nitrogens with zero attached hydrogens (tertiary/aromatic N) is 3. The molecule has 1 aliphatic heterocycles. The molecule has 1 aromatic heterocycles. The summed E-state index contributed by atoms with van der Waals surface area (Å²) in [5, 5.41) is 12.1. The fourth-order valence-electron chi connectivity index (χ4n) is 2.72. The van der Waals surface area contributed by atoms with Crippen molar-refractivity contribution in [2.24, 2.45) is 0 Å². The van der Waals surface area contributed by atoms with Crippen LogP contribution >= 0.6 is 0 Å². The molecule has 1 fully saturated rings. The van der Waals surface area contributed by atoms with Gasteiger partial charge < -0.3 is 15.0 Å². The second kappa shape index (κ2) is 7.32. The zero-order valence-corrected chi connectivity index (χ0v) is 14.0. The maximum atomic E-state index is 11.8. The summed E-state index contributed by atoms with van der Waals surface area (Å²) in [6, 6.07) is 5.85. The molecule has 1 amide bonds. The van der Waals surface area contributed by atoms with E-state index in [2.05, 4.69) is 21.3 Å². The van der Waals surface area contributed by atoms with Gasteiger partial charge in [0.2, 0.25) is 0 Å². The van der Waals surface area contributed by atoms with E-state index in [1.54, 1.807) is 18.3 Å². The Morgan fingerprint density at radius 3 is 3.00 bits per heavy atom. The molecule has 0 unspecified atom stereocenters. The highest BCUT2D eigenvalue weighted by Crippen LogP contribution is 2.25. The van der Waals surface area contributed by atoms with E-state index in [1.165, 1.54) is 0 Å². The van der Waals surface area contributed by atoms with Gasteiger partial charge in [0.25, 0.3) is 0 Å². The van der Waals surface area contributed by atoms with E-state index in [1.807, 2.05) is 20.8 Å². The lowest BCUT2D eigenvalue weighted by Gasteiger charge is -2.37. The zero-order valence-electron chi connectivity index (χ0n) is 14.0. The van der Waals surface area contributed by atoms with Gasteiger partial charge in [-0.3, -0.25) is 0 Å². The lowest BCUT2D eigenvalue weighted by molar-refractivity contribution is 0.0523. The van der Waals surface area contributed by atoms with Crippen LogP contribution in [0.25, 0.3) is 0 Å². The summed E-state index contributed by atoms with van der Waals surface area (Å²) in [5.41, 5.74) is 0.0577. The van der Waals surface area contributed by atoms with E-state index in [0.717, 1.165) is 25.8 Å². The smallest absolute Gasteiger partial charge is 0.407 e. The maximum Gasteiger partial charge on any atom is 0.407 e. The molecule has 1 aromatic rings. The van der Waals surface area contributed by atoms with Crippen LogP contribution in [0.3, 0.4) is 0 Å². The standard InChI is InChI=1S/C17H24N4O2/c1-17(2,3)23-16(22)20-12-14-8-4-5-10-21(14)15-13(11-18)7-6-9-19-15/h6-7,9,14H,4-5,8,10,12H2,1-3H3,(H,20,22)/t14-/m0/s1. The van der Waals surface area contributed by atoms with Gasteiger partial charge in [0.05, 0.1) is 5.56 Å². The molecule has 0 aromatic carbocycles. The van der Waals surface area contributed by atoms with Gasteiger partial charge in [-0.25, -0.2) is 9.78 Å². The second-order valence-corrected chi connectivity index (χ2v) is 6.71. The fraction of sp³-hybridized carbons (Fsp3) is 0.588. The summed E-state index contributed by atoms with van der Waals surface area (Å²) < 4.78 is 5.28. The number of amides is 1. The Hall–Kier alpha value is -2.29. The molecule has 1 saturated heterocycles. The maximum absolute atomic E-state index is 11.8. The topological polar surface area (TPSA) is 78.2 Å². The third kappa shape index (κ3) is 4.85. The minimum Gasteiger partial charge on any atom is -0.444 e. The molecule has 23 heavy (non-hydrogen) atoms. The quantitative estimate of drug-likeness (QED) is 0.927. The van der Waals surface area contributed by atoms with Crippen molar-refractivity contribution in [1.29, 1.82) is 5.26 Å². The van der Waals surface area contributed by atoms with Crippen molar-refractivity contribution in [1.82, 2.24) is 10.3 Å². The van der Waals surface area contributed by atoms with E-state index >= 15 is 0 Å². The number of carbonyl (C=O) groups excluding carboxylic acids is 1. The van der Waals surface area contributed by atoms with Gasteiger partial charge in [-0.15, -0.1) is 0 Å². The van der Waals surface area contributed by atoms with Crippen molar-refractivity contribution in [3.8, 4) is 6.07 Å². The SMILES string of the molecule is CC(C)(C)OC(=O)NC[C@@H]1CCCCN1c1ncccc1C#N. The van der Waals surface area contributed by atoms with Gasteiger partial charge in [-0.05, 0) is 52.2 Å². The molecule has 1 aliphatic rings. The largest absolute Gasteiger partial charge is 0.444 e. The predicted molar refractivity (Wildman–Crippen MR) is 88.2 cm³/mol. The summed E-state index contributed by atoms with van der Waals surface area (Å²) in [6.45, 7) is 6.84. The zero-order chi connectivity index (χ0) is 16.9. The van der Waals surface area contributed by atoms with E-state index in [4.69, 9.17) is 4.74 Å². The van der Waals surface area contributed by atoms with Crippen molar-refractivity contribution in [3.05, 3.63) is 23.9 Å². The lowest BCUT2D eigenvalue weighted by atomic mass is 10.0. The number of ether oxygens (including phenoxy) is 1. The van der Waals surface area contributed by atoms with Gasteiger partial charge in [-0.2, -0.15) is 5.26 Å². The average molecular weight is 316 g/mol. The fourth-order valence-corrected chi connectivity index (χ4v) is 2.72. The van der Waals surface area contributed by atoms with E-state index in [0.29, 0.717) is 17.9 Å². The molecule has 0 saturated carbocycles. The highest BCUT2D eigenvalue weighted by molar-refractivity contribution is 5.67. The summed E-state index contributed by atoms with van der Waals surface area (Å²) in [4.78, 5) is 18.3. The minimum absolute atomic E-state index is 0.123. The molecule has 1 atom stereocenters. The van der Waals surface area contributed by atoms with Crippen molar-refractivity contribution >= 4 is 11.9 Å². The highest BCUT2D eigenvalue weighted by atomic mass is 16.6. The average Bonchev–Trinajstić information content (AvgIpc) is 2.51. The van der Waals surface area contributed by atoms with Crippen molar-refractivity contribution in [2.75, 3.05) is 18.0 Å². The summed E-state index contributed by atoms with van der Waals surface area (Å²) in [7, 11) is 0. The van der Waals surface area contributed by atoms with E-state index in [-0.39, 0.29) is 6.04 Å². The first kappa shape index (κ1) is 17.1. The number of pyridine rings is 1. The number of carbonyl (C=O) groups is 1. The number of piperidine rings is 1. The lowest BCUT2D eigenvalue weighted by Crippen LogP contribution is -2.48. The summed E-state index contributed by atoms with van der Waals surface area (Å²) >= 11 is 0. The molecule has 2 rings (SSSR count). The Bertz CT molecular complexity index is 589. The molecule has 6 nitrogen and oxygen atoms in total. The van der Waals surface area contributed by atoms with Crippen LogP contribution in [-0.2, 0) is 4.74 Å². The first-order valence-corrected chi connectivity index (χ1v) is 7.99. The van der Waals surface area contributed by atoms with Crippen LogP contribution < -0.4 is 10.2 Å². The van der Waals surface area contributed by atoms with Gasteiger partial charge in [-0.1, -0.05) is 0 Å². The number of nitriles is 1. The monoisotopic (exact) mass is 316 g/mol. The third-order valence-corrected chi connectivity index (χ3v) is 3.69. The molecular formula is C17H24N4O2. The first-order chi connectivity index (χ1) is 10.9. The van der Waals surface area contributed by atoms with Gasteiger partial charge in [0.15, 0.2) is 0 Å². The summed E-state index contributed by atoms with van der Waals surface area (Å²) in [5.74, 6) is 0.700. The van der Waals surface area contributed by atoms with Crippen molar-refractivity contribution < 1.29 is 9.53 Å². The Kier molecular flexibility index (Phi) is 5.43. The van der Waals surface area contributed by atoms with Crippen LogP contribution in [-0.4, -0.2) is 35.8 Å². The van der Waals surface area contributed by atoms with Gasteiger partial charge in [0, 0.05) is 25.3 Å². The van der Waals surface area contributed by atoms with Crippen molar-refractivity contribution in [2.45, 2.75) is 51.7 Å². The van der Waals surface area contributed by atoms with Crippen molar-refractivity contribution in [3.63, 3.8) is 0 Å².